The number of hydrogen-bond donors (Lipinski definition) is 1. The quantitative estimate of drug-likeness (QED) is 0.842. The molecule has 1 N–H and O–H groups in total. The summed E-state index contributed by atoms with van der Waals surface area (Å²) < 4.78 is 12.9. The van der Waals surface area contributed by atoms with Crippen molar-refractivity contribution in [2.45, 2.75) is 19.0 Å². The minimum atomic E-state index is -0.214. The fraction of sp³-hybridized carbons (Fsp3) is 0.538. The van der Waals surface area contributed by atoms with E-state index in [-0.39, 0.29) is 18.5 Å². The molecule has 1 aliphatic rings. The number of benzene rings is 1. The molecule has 1 aromatic carbocycles. The number of likely N-dealkylation sites (N-methyl/N-ethyl adjacent to an activating group) is 1. The smallest absolute Gasteiger partial charge is 0.123 e. The first kappa shape index (κ1) is 12.3. The van der Waals surface area contributed by atoms with Crippen molar-refractivity contribution in [3.05, 3.63) is 30.1 Å². The summed E-state index contributed by atoms with van der Waals surface area (Å²) in [5.41, 5.74) is 1.02. The SMILES string of the molecule is CC1CN(C)C(CO)CN1c1ccc(F)cc1. The number of piperazine rings is 1. The van der Waals surface area contributed by atoms with E-state index in [0.29, 0.717) is 6.04 Å². The molecule has 4 heteroatoms. The topological polar surface area (TPSA) is 26.7 Å². The highest BCUT2D eigenvalue weighted by Crippen LogP contribution is 2.22. The van der Waals surface area contributed by atoms with E-state index < -0.39 is 0 Å². The Labute approximate surface area is 101 Å². The third-order valence-electron chi connectivity index (χ3n) is 3.48. The summed E-state index contributed by atoms with van der Waals surface area (Å²) in [4.78, 5) is 4.39. The van der Waals surface area contributed by atoms with Gasteiger partial charge in [0.2, 0.25) is 0 Å². The molecule has 0 spiro atoms. The van der Waals surface area contributed by atoms with Crippen molar-refractivity contribution in [2.75, 3.05) is 31.6 Å². The normalized spacial score (nSPS) is 26.2. The van der Waals surface area contributed by atoms with Crippen molar-refractivity contribution >= 4 is 5.69 Å². The molecule has 0 aliphatic carbocycles. The number of aliphatic hydroxyl groups excluding tert-OH is 1. The Morgan fingerprint density at radius 2 is 1.94 bits per heavy atom. The highest BCUT2D eigenvalue weighted by molar-refractivity contribution is 5.48. The van der Waals surface area contributed by atoms with E-state index in [4.69, 9.17) is 0 Å². The molecule has 1 aromatic rings. The molecule has 17 heavy (non-hydrogen) atoms. The Bertz CT molecular complexity index is 368. The largest absolute Gasteiger partial charge is 0.395 e. The molecule has 94 valence electrons. The molecule has 0 aromatic heterocycles. The highest BCUT2D eigenvalue weighted by atomic mass is 19.1. The fourth-order valence-electron chi connectivity index (χ4n) is 2.40. The molecule has 1 heterocycles. The number of hydrogen-bond acceptors (Lipinski definition) is 3. The van der Waals surface area contributed by atoms with Crippen molar-refractivity contribution in [2.24, 2.45) is 0 Å². The summed E-state index contributed by atoms with van der Waals surface area (Å²) >= 11 is 0. The van der Waals surface area contributed by atoms with Crippen LogP contribution in [0.4, 0.5) is 10.1 Å². The summed E-state index contributed by atoms with van der Waals surface area (Å²) in [5, 5.41) is 9.33. The Kier molecular flexibility index (Phi) is 3.64. The van der Waals surface area contributed by atoms with Gasteiger partial charge in [-0.15, -0.1) is 0 Å². The van der Waals surface area contributed by atoms with Crippen molar-refractivity contribution < 1.29 is 9.50 Å². The Morgan fingerprint density at radius 3 is 2.53 bits per heavy atom. The molecule has 0 amide bonds. The van der Waals surface area contributed by atoms with Gasteiger partial charge in [-0.2, -0.15) is 0 Å². The molecular weight excluding hydrogens is 219 g/mol. The van der Waals surface area contributed by atoms with Crippen LogP contribution in [0.2, 0.25) is 0 Å². The van der Waals surface area contributed by atoms with Gasteiger partial charge in [-0.1, -0.05) is 0 Å². The van der Waals surface area contributed by atoms with Crippen LogP contribution in [0.5, 0.6) is 0 Å². The van der Waals surface area contributed by atoms with Crippen molar-refractivity contribution in [1.29, 1.82) is 0 Å². The summed E-state index contributed by atoms with van der Waals surface area (Å²) in [6.07, 6.45) is 0. The molecule has 0 bridgehead atoms. The van der Waals surface area contributed by atoms with E-state index in [1.165, 1.54) is 12.1 Å². The van der Waals surface area contributed by atoms with Gasteiger partial charge in [0.15, 0.2) is 0 Å². The zero-order valence-electron chi connectivity index (χ0n) is 10.3. The summed E-state index contributed by atoms with van der Waals surface area (Å²) in [6.45, 7) is 3.98. The van der Waals surface area contributed by atoms with Gasteiger partial charge in [0.25, 0.3) is 0 Å². The highest BCUT2D eigenvalue weighted by Gasteiger charge is 2.28. The average Bonchev–Trinajstić information content (AvgIpc) is 2.31. The number of aliphatic hydroxyl groups is 1. The predicted molar refractivity (Wildman–Crippen MR) is 66.7 cm³/mol. The molecule has 2 atom stereocenters. The summed E-state index contributed by atoms with van der Waals surface area (Å²) in [6, 6.07) is 7.07. The number of anilines is 1. The molecular formula is C13H19FN2O. The molecule has 2 unspecified atom stereocenters. The lowest BCUT2D eigenvalue weighted by Gasteiger charge is -2.44. The van der Waals surface area contributed by atoms with Crippen LogP contribution in [0.25, 0.3) is 0 Å². The first-order chi connectivity index (χ1) is 8.11. The van der Waals surface area contributed by atoms with Crippen molar-refractivity contribution in [3.63, 3.8) is 0 Å². The van der Waals surface area contributed by atoms with Crippen LogP contribution in [-0.2, 0) is 0 Å². The number of rotatable bonds is 2. The Hall–Kier alpha value is -1.13. The molecule has 1 fully saturated rings. The van der Waals surface area contributed by atoms with Crippen LogP contribution in [0, 0.1) is 5.82 Å². The van der Waals surface area contributed by atoms with Gasteiger partial charge >= 0.3 is 0 Å². The number of halogens is 1. The Balaban J connectivity index is 2.17. The Morgan fingerprint density at radius 1 is 1.29 bits per heavy atom. The fourth-order valence-corrected chi connectivity index (χ4v) is 2.40. The van der Waals surface area contributed by atoms with E-state index in [9.17, 15) is 9.50 Å². The maximum atomic E-state index is 12.9. The molecule has 0 saturated carbocycles. The minimum Gasteiger partial charge on any atom is -0.395 e. The van der Waals surface area contributed by atoms with E-state index in [0.717, 1.165) is 18.8 Å². The zero-order valence-corrected chi connectivity index (χ0v) is 10.3. The van der Waals surface area contributed by atoms with Crippen LogP contribution < -0.4 is 4.90 Å². The van der Waals surface area contributed by atoms with Gasteiger partial charge < -0.3 is 10.0 Å². The first-order valence-corrected chi connectivity index (χ1v) is 5.95. The first-order valence-electron chi connectivity index (χ1n) is 5.95. The average molecular weight is 238 g/mol. The molecule has 1 aliphatic heterocycles. The lowest BCUT2D eigenvalue weighted by atomic mass is 10.1. The number of nitrogens with zero attached hydrogens (tertiary/aromatic N) is 2. The van der Waals surface area contributed by atoms with Crippen LogP contribution >= 0.6 is 0 Å². The van der Waals surface area contributed by atoms with E-state index in [1.807, 2.05) is 7.05 Å². The van der Waals surface area contributed by atoms with Crippen molar-refractivity contribution in [1.82, 2.24) is 4.90 Å². The predicted octanol–water partition coefficient (Wildman–Crippen LogP) is 1.33. The molecule has 2 rings (SSSR count). The van der Waals surface area contributed by atoms with Crippen LogP contribution in [-0.4, -0.2) is 48.8 Å². The lowest BCUT2D eigenvalue weighted by molar-refractivity contribution is 0.121. The third kappa shape index (κ3) is 2.58. The van der Waals surface area contributed by atoms with Gasteiger partial charge in [-0.05, 0) is 38.2 Å². The van der Waals surface area contributed by atoms with Gasteiger partial charge in [0.05, 0.1) is 12.6 Å². The summed E-state index contributed by atoms with van der Waals surface area (Å²) in [7, 11) is 2.03. The van der Waals surface area contributed by atoms with Gasteiger partial charge in [0.1, 0.15) is 5.82 Å². The van der Waals surface area contributed by atoms with E-state index in [2.05, 4.69) is 16.7 Å². The van der Waals surface area contributed by atoms with E-state index in [1.54, 1.807) is 12.1 Å². The lowest BCUT2D eigenvalue weighted by Crippen LogP contribution is -2.57. The molecule has 1 saturated heterocycles. The minimum absolute atomic E-state index is 0.149. The maximum absolute atomic E-state index is 12.9. The zero-order chi connectivity index (χ0) is 12.4. The van der Waals surface area contributed by atoms with Gasteiger partial charge in [-0.25, -0.2) is 4.39 Å². The second-order valence-electron chi connectivity index (χ2n) is 4.75. The van der Waals surface area contributed by atoms with Crippen molar-refractivity contribution in [3.8, 4) is 0 Å². The molecule has 0 radical (unpaired) electrons. The molecule has 3 nitrogen and oxygen atoms in total. The maximum Gasteiger partial charge on any atom is 0.123 e. The second-order valence-corrected chi connectivity index (χ2v) is 4.75. The second kappa shape index (κ2) is 5.02. The third-order valence-corrected chi connectivity index (χ3v) is 3.48. The van der Waals surface area contributed by atoms with Crippen LogP contribution in [0.3, 0.4) is 0 Å². The monoisotopic (exact) mass is 238 g/mol. The van der Waals surface area contributed by atoms with E-state index >= 15 is 0 Å². The van der Waals surface area contributed by atoms with Crippen LogP contribution in [0.1, 0.15) is 6.92 Å². The van der Waals surface area contributed by atoms with Gasteiger partial charge in [-0.3, -0.25) is 4.90 Å². The van der Waals surface area contributed by atoms with Gasteiger partial charge in [0, 0.05) is 24.8 Å². The standard InChI is InChI=1S/C13H19FN2O/c1-10-7-15(2)13(9-17)8-16(10)12-5-3-11(14)4-6-12/h3-6,10,13,17H,7-9H2,1-2H3. The summed E-state index contributed by atoms with van der Waals surface area (Å²) in [5.74, 6) is -0.214. The van der Waals surface area contributed by atoms with Crippen LogP contribution in [0.15, 0.2) is 24.3 Å².